The van der Waals surface area contributed by atoms with Crippen LogP contribution in [0, 0.1) is 5.92 Å². The van der Waals surface area contributed by atoms with Crippen LogP contribution in [0.5, 0.6) is 0 Å². The summed E-state index contributed by atoms with van der Waals surface area (Å²) in [7, 11) is 0. The van der Waals surface area contributed by atoms with Crippen molar-refractivity contribution in [2.45, 2.75) is 76.8 Å². The molecule has 0 radical (unpaired) electrons. The molecule has 1 aromatic heterocycles. The summed E-state index contributed by atoms with van der Waals surface area (Å²) in [5, 5.41) is 4.14. The number of rotatable bonds is 8. The Kier molecular flexibility index (Phi) is 5.99. The van der Waals surface area contributed by atoms with Crippen LogP contribution < -0.4 is 5.73 Å². The number of hydrogen-bond donors (Lipinski definition) is 1. The van der Waals surface area contributed by atoms with Gasteiger partial charge in [0.05, 0.1) is 0 Å². The molecular weight excluding hydrogens is 364 g/mol. The predicted octanol–water partition coefficient (Wildman–Crippen LogP) is 3.71. The van der Waals surface area contributed by atoms with Gasteiger partial charge in [-0.1, -0.05) is 31.1 Å². The molecule has 2 aromatic rings. The average molecular weight is 397 g/mol. The van der Waals surface area contributed by atoms with E-state index in [1.807, 2.05) is 12.1 Å². The first-order valence-electron chi connectivity index (χ1n) is 11.0. The maximum Gasteiger partial charge on any atom is 0.248 e. The van der Waals surface area contributed by atoms with E-state index in [1.54, 1.807) is 6.07 Å². The Hall–Kier alpha value is -2.21. The van der Waals surface area contributed by atoms with Crippen molar-refractivity contribution in [3.8, 4) is 0 Å². The lowest BCUT2D eigenvalue weighted by atomic mass is 9.84. The lowest BCUT2D eigenvalue weighted by molar-refractivity contribution is 0.1000. The molecule has 0 saturated carbocycles. The highest BCUT2D eigenvalue weighted by atomic mass is 16.5. The zero-order chi connectivity index (χ0) is 20.4. The molecule has 2 saturated heterocycles. The fourth-order valence-electron chi connectivity index (χ4n) is 5.10. The van der Waals surface area contributed by atoms with Crippen molar-refractivity contribution in [3.05, 3.63) is 47.1 Å². The summed E-state index contributed by atoms with van der Waals surface area (Å²) in [5.41, 5.74) is 7.35. The largest absolute Gasteiger partial charge is 0.366 e. The highest BCUT2D eigenvalue weighted by molar-refractivity contribution is 5.92. The molecule has 3 heterocycles. The quantitative estimate of drug-likeness (QED) is 0.735. The lowest BCUT2D eigenvalue weighted by Gasteiger charge is -2.39. The SMILES string of the molecule is CC(C)Cc1nc(CCCN2[C@@H]3CC[C@H]2C[C@@H](c2cccc(C(N)=O)c2)C3)no1. The summed E-state index contributed by atoms with van der Waals surface area (Å²) in [4.78, 5) is 18.7. The van der Waals surface area contributed by atoms with Gasteiger partial charge in [0.2, 0.25) is 11.8 Å². The van der Waals surface area contributed by atoms with Crippen molar-refractivity contribution >= 4 is 5.91 Å². The molecule has 0 unspecified atom stereocenters. The molecule has 6 nitrogen and oxygen atoms in total. The summed E-state index contributed by atoms with van der Waals surface area (Å²) in [6.45, 7) is 5.41. The predicted molar refractivity (Wildman–Crippen MR) is 112 cm³/mol. The zero-order valence-corrected chi connectivity index (χ0v) is 17.5. The molecule has 2 N–H and O–H groups in total. The van der Waals surface area contributed by atoms with Gasteiger partial charge in [0.25, 0.3) is 0 Å². The molecule has 156 valence electrons. The van der Waals surface area contributed by atoms with Crippen LogP contribution in [0.3, 0.4) is 0 Å². The van der Waals surface area contributed by atoms with Crippen molar-refractivity contribution < 1.29 is 9.32 Å². The van der Waals surface area contributed by atoms with E-state index in [2.05, 4.69) is 35.0 Å². The van der Waals surface area contributed by atoms with E-state index < -0.39 is 0 Å². The van der Waals surface area contributed by atoms with Crippen molar-refractivity contribution in [2.75, 3.05) is 6.54 Å². The minimum absolute atomic E-state index is 0.342. The number of carbonyl (C=O) groups excluding carboxylic acids is 1. The third kappa shape index (κ3) is 4.69. The third-order valence-corrected chi connectivity index (χ3v) is 6.44. The molecule has 2 aliphatic rings. The minimum Gasteiger partial charge on any atom is -0.366 e. The van der Waals surface area contributed by atoms with Crippen molar-refractivity contribution in [1.82, 2.24) is 15.0 Å². The lowest BCUT2D eigenvalue weighted by Crippen LogP contribution is -2.42. The molecule has 6 heteroatoms. The summed E-state index contributed by atoms with van der Waals surface area (Å²) in [6, 6.07) is 9.18. The molecule has 2 fully saturated rings. The molecule has 3 atom stereocenters. The molecule has 29 heavy (non-hydrogen) atoms. The van der Waals surface area contributed by atoms with Gasteiger partial charge in [0.15, 0.2) is 5.82 Å². The van der Waals surface area contributed by atoms with Crippen molar-refractivity contribution in [3.63, 3.8) is 0 Å². The Balaban J connectivity index is 1.31. The Morgan fingerprint density at radius 2 is 2.03 bits per heavy atom. The van der Waals surface area contributed by atoms with Crippen molar-refractivity contribution in [2.24, 2.45) is 11.7 Å². The fraction of sp³-hybridized carbons (Fsp3) is 0.609. The van der Waals surface area contributed by atoms with Gasteiger partial charge in [0, 0.05) is 30.5 Å². The monoisotopic (exact) mass is 396 g/mol. The number of primary amides is 1. The van der Waals surface area contributed by atoms with E-state index in [0.29, 0.717) is 29.5 Å². The van der Waals surface area contributed by atoms with Gasteiger partial charge >= 0.3 is 0 Å². The van der Waals surface area contributed by atoms with E-state index in [-0.39, 0.29) is 5.91 Å². The number of hydrogen-bond acceptors (Lipinski definition) is 5. The van der Waals surface area contributed by atoms with E-state index >= 15 is 0 Å². The number of nitrogens with two attached hydrogens (primary N) is 1. The molecule has 1 aromatic carbocycles. The summed E-state index contributed by atoms with van der Waals surface area (Å²) < 4.78 is 5.35. The normalized spacial score (nSPS) is 24.3. The first-order valence-corrected chi connectivity index (χ1v) is 11.0. The number of piperidine rings is 1. The van der Waals surface area contributed by atoms with Gasteiger partial charge in [0.1, 0.15) is 0 Å². The van der Waals surface area contributed by atoms with Crippen LogP contribution in [-0.2, 0) is 12.8 Å². The summed E-state index contributed by atoms with van der Waals surface area (Å²) in [6.07, 6.45) is 7.67. The average Bonchev–Trinajstić information content (AvgIpc) is 3.21. The summed E-state index contributed by atoms with van der Waals surface area (Å²) in [5.74, 6) is 2.31. The van der Waals surface area contributed by atoms with Gasteiger partial charge in [-0.2, -0.15) is 4.98 Å². The van der Waals surface area contributed by atoms with Crippen LogP contribution in [0.15, 0.2) is 28.8 Å². The van der Waals surface area contributed by atoms with Gasteiger partial charge in [-0.3, -0.25) is 9.69 Å². The van der Waals surface area contributed by atoms with Crippen LogP contribution >= 0.6 is 0 Å². The van der Waals surface area contributed by atoms with Crippen LogP contribution in [-0.4, -0.2) is 39.6 Å². The Morgan fingerprint density at radius 1 is 1.28 bits per heavy atom. The van der Waals surface area contributed by atoms with Crippen LogP contribution in [0.25, 0.3) is 0 Å². The van der Waals surface area contributed by atoms with Crippen LogP contribution in [0.2, 0.25) is 0 Å². The molecule has 0 spiro atoms. The minimum atomic E-state index is -0.342. The maximum absolute atomic E-state index is 11.5. The van der Waals surface area contributed by atoms with Crippen LogP contribution in [0.4, 0.5) is 0 Å². The number of nitrogens with zero attached hydrogens (tertiary/aromatic N) is 3. The van der Waals surface area contributed by atoms with E-state index in [9.17, 15) is 4.79 Å². The molecule has 2 aliphatic heterocycles. The number of aromatic nitrogens is 2. The Labute approximate surface area is 172 Å². The number of fused-ring (bicyclic) bond motifs is 2. The molecule has 2 bridgehead atoms. The first kappa shape index (κ1) is 20.1. The summed E-state index contributed by atoms with van der Waals surface area (Å²) >= 11 is 0. The second-order valence-electron chi connectivity index (χ2n) is 9.09. The second-order valence-corrected chi connectivity index (χ2v) is 9.09. The fourth-order valence-corrected chi connectivity index (χ4v) is 5.10. The van der Waals surface area contributed by atoms with Gasteiger partial charge < -0.3 is 10.3 Å². The highest BCUT2D eigenvalue weighted by Crippen LogP contribution is 2.43. The van der Waals surface area contributed by atoms with E-state index in [4.69, 9.17) is 10.3 Å². The van der Waals surface area contributed by atoms with Gasteiger partial charge in [-0.25, -0.2) is 0 Å². The maximum atomic E-state index is 11.5. The number of carbonyl (C=O) groups is 1. The number of amides is 1. The molecular formula is C23H32N4O2. The van der Waals surface area contributed by atoms with Gasteiger partial charge in [-0.15, -0.1) is 0 Å². The smallest absolute Gasteiger partial charge is 0.248 e. The molecule has 1 amide bonds. The van der Waals surface area contributed by atoms with Crippen molar-refractivity contribution in [1.29, 1.82) is 0 Å². The molecule has 4 rings (SSSR count). The Bertz CT molecular complexity index is 833. The van der Waals surface area contributed by atoms with E-state index in [0.717, 1.165) is 37.5 Å². The highest BCUT2D eigenvalue weighted by Gasteiger charge is 2.40. The standard InChI is InChI=1S/C23H32N4O2/c1-15(2)11-22-25-21(26-29-22)7-4-10-27-19-8-9-20(27)14-18(13-19)16-5-3-6-17(12-16)23(24)28/h3,5-6,12,15,18-20H,4,7-11,13-14H2,1-2H3,(H2,24,28)/t18-,19+,20-. The second kappa shape index (κ2) is 8.66. The third-order valence-electron chi connectivity index (χ3n) is 6.44. The van der Waals surface area contributed by atoms with Gasteiger partial charge in [-0.05, 0) is 68.2 Å². The zero-order valence-electron chi connectivity index (χ0n) is 17.5. The van der Waals surface area contributed by atoms with Crippen LogP contribution in [0.1, 0.15) is 79.5 Å². The first-order chi connectivity index (χ1) is 14.0. The Morgan fingerprint density at radius 3 is 2.72 bits per heavy atom. The number of benzene rings is 1. The van der Waals surface area contributed by atoms with E-state index in [1.165, 1.54) is 31.2 Å². The molecule has 0 aliphatic carbocycles. The number of aryl methyl sites for hydroxylation is 1. The topological polar surface area (TPSA) is 85.3 Å².